The van der Waals surface area contributed by atoms with Gasteiger partial charge in [-0.05, 0) is 30.7 Å². The fourth-order valence-corrected chi connectivity index (χ4v) is 3.76. The van der Waals surface area contributed by atoms with Crippen molar-refractivity contribution in [2.45, 2.75) is 12.8 Å². The molecule has 0 atom stereocenters. The Morgan fingerprint density at radius 3 is 2.48 bits per heavy atom. The zero-order valence-corrected chi connectivity index (χ0v) is 15.9. The number of sulfonamides is 1. The SMILES string of the molecule is CS(=O)(=O)N(CCCC(=O)Nc1ccccc1)c1ccc2c(c1)OCCO2. The lowest BCUT2D eigenvalue weighted by Crippen LogP contribution is -2.31. The van der Waals surface area contributed by atoms with Crippen LogP contribution >= 0.6 is 0 Å². The number of hydrogen-bond donors (Lipinski definition) is 1. The van der Waals surface area contributed by atoms with E-state index in [2.05, 4.69) is 5.32 Å². The summed E-state index contributed by atoms with van der Waals surface area (Å²) in [7, 11) is -3.50. The summed E-state index contributed by atoms with van der Waals surface area (Å²) in [6, 6.07) is 14.2. The maximum Gasteiger partial charge on any atom is 0.232 e. The van der Waals surface area contributed by atoms with Crippen LogP contribution in [0.2, 0.25) is 0 Å². The molecule has 2 aromatic rings. The molecule has 3 rings (SSSR count). The van der Waals surface area contributed by atoms with Crippen LogP contribution in [-0.4, -0.2) is 40.3 Å². The van der Waals surface area contributed by atoms with E-state index in [1.165, 1.54) is 4.31 Å². The Labute approximate surface area is 158 Å². The zero-order valence-electron chi connectivity index (χ0n) is 15.1. The predicted molar refractivity (Wildman–Crippen MR) is 104 cm³/mol. The first-order valence-corrected chi connectivity index (χ1v) is 10.5. The third-order valence-corrected chi connectivity index (χ3v) is 5.23. The topological polar surface area (TPSA) is 84.9 Å². The van der Waals surface area contributed by atoms with Crippen LogP contribution in [-0.2, 0) is 14.8 Å². The van der Waals surface area contributed by atoms with Gasteiger partial charge in [0.1, 0.15) is 13.2 Å². The third kappa shape index (κ3) is 5.13. The van der Waals surface area contributed by atoms with E-state index >= 15 is 0 Å². The van der Waals surface area contributed by atoms with Gasteiger partial charge in [-0.15, -0.1) is 0 Å². The normalized spacial score (nSPS) is 13.1. The smallest absolute Gasteiger partial charge is 0.232 e. The van der Waals surface area contributed by atoms with E-state index in [-0.39, 0.29) is 18.9 Å². The van der Waals surface area contributed by atoms with Crippen molar-refractivity contribution in [2.75, 3.05) is 35.6 Å². The number of nitrogens with one attached hydrogen (secondary N) is 1. The molecule has 0 fully saturated rings. The third-order valence-electron chi connectivity index (χ3n) is 4.04. The summed E-state index contributed by atoms with van der Waals surface area (Å²) < 4.78 is 36.7. The van der Waals surface area contributed by atoms with Gasteiger partial charge >= 0.3 is 0 Å². The fourth-order valence-electron chi connectivity index (χ4n) is 2.80. The molecule has 27 heavy (non-hydrogen) atoms. The van der Waals surface area contributed by atoms with Gasteiger partial charge in [-0.2, -0.15) is 0 Å². The van der Waals surface area contributed by atoms with E-state index in [0.29, 0.717) is 42.5 Å². The van der Waals surface area contributed by atoms with Crippen molar-refractivity contribution < 1.29 is 22.7 Å². The number of ether oxygens (including phenoxy) is 2. The van der Waals surface area contributed by atoms with Crippen LogP contribution < -0.4 is 19.1 Å². The number of rotatable bonds is 7. The summed E-state index contributed by atoms with van der Waals surface area (Å²) in [5.41, 5.74) is 1.21. The summed E-state index contributed by atoms with van der Waals surface area (Å²) in [4.78, 5) is 12.1. The van der Waals surface area contributed by atoms with Crippen LogP contribution in [0.15, 0.2) is 48.5 Å². The maximum atomic E-state index is 12.2. The van der Waals surface area contributed by atoms with Crippen LogP contribution in [0, 0.1) is 0 Å². The molecular formula is C19H22N2O5S. The molecule has 1 aliphatic rings. The number of para-hydroxylation sites is 1. The molecule has 1 N–H and O–H groups in total. The molecule has 2 aromatic carbocycles. The van der Waals surface area contributed by atoms with Crippen molar-refractivity contribution >= 4 is 27.3 Å². The Kier molecular flexibility index (Phi) is 5.85. The summed E-state index contributed by atoms with van der Waals surface area (Å²) >= 11 is 0. The van der Waals surface area contributed by atoms with Crippen molar-refractivity contribution in [1.82, 2.24) is 0 Å². The maximum absolute atomic E-state index is 12.2. The molecule has 7 nitrogen and oxygen atoms in total. The minimum absolute atomic E-state index is 0.156. The molecule has 0 unspecified atom stereocenters. The molecule has 0 spiro atoms. The molecule has 0 radical (unpaired) electrons. The highest BCUT2D eigenvalue weighted by Gasteiger charge is 2.21. The lowest BCUT2D eigenvalue weighted by Gasteiger charge is -2.25. The largest absolute Gasteiger partial charge is 0.486 e. The summed E-state index contributed by atoms with van der Waals surface area (Å²) in [6.45, 7) is 1.09. The van der Waals surface area contributed by atoms with Crippen LogP contribution in [0.25, 0.3) is 0 Å². The number of carbonyl (C=O) groups excluding carboxylic acids is 1. The van der Waals surface area contributed by atoms with Gasteiger partial charge in [0.05, 0.1) is 11.9 Å². The average molecular weight is 390 g/mol. The number of anilines is 2. The Morgan fingerprint density at radius 1 is 1.07 bits per heavy atom. The van der Waals surface area contributed by atoms with Gasteiger partial charge < -0.3 is 14.8 Å². The average Bonchev–Trinajstić information content (AvgIpc) is 2.65. The highest BCUT2D eigenvalue weighted by molar-refractivity contribution is 7.92. The Hall–Kier alpha value is -2.74. The Morgan fingerprint density at radius 2 is 1.78 bits per heavy atom. The second kappa shape index (κ2) is 8.30. The van der Waals surface area contributed by atoms with Crippen molar-refractivity contribution in [1.29, 1.82) is 0 Å². The van der Waals surface area contributed by atoms with Crippen LogP contribution in [0.1, 0.15) is 12.8 Å². The summed E-state index contributed by atoms with van der Waals surface area (Å²) in [6.07, 6.45) is 1.75. The molecule has 1 heterocycles. The predicted octanol–water partition coefficient (Wildman–Crippen LogP) is 2.64. The first kappa shape index (κ1) is 19.0. The molecule has 1 aliphatic heterocycles. The van der Waals surface area contributed by atoms with Crippen molar-refractivity contribution in [2.24, 2.45) is 0 Å². The molecule has 0 aromatic heterocycles. The minimum atomic E-state index is -3.50. The summed E-state index contributed by atoms with van der Waals surface area (Å²) in [5.74, 6) is 0.965. The van der Waals surface area contributed by atoms with Crippen LogP contribution in [0.5, 0.6) is 11.5 Å². The highest BCUT2D eigenvalue weighted by Crippen LogP contribution is 2.34. The van der Waals surface area contributed by atoms with Crippen LogP contribution in [0.3, 0.4) is 0 Å². The fraction of sp³-hybridized carbons (Fsp3) is 0.316. The highest BCUT2D eigenvalue weighted by atomic mass is 32.2. The molecule has 8 heteroatoms. The van der Waals surface area contributed by atoms with Gasteiger partial charge in [-0.25, -0.2) is 8.42 Å². The second-order valence-corrected chi connectivity index (χ2v) is 8.09. The second-order valence-electron chi connectivity index (χ2n) is 6.18. The van der Waals surface area contributed by atoms with Crippen molar-refractivity contribution in [3.63, 3.8) is 0 Å². The lowest BCUT2D eigenvalue weighted by atomic mass is 10.2. The molecule has 1 amide bonds. The first-order chi connectivity index (χ1) is 12.9. The van der Waals surface area contributed by atoms with Gasteiger partial charge in [0.15, 0.2) is 11.5 Å². The number of hydrogen-bond acceptors (Lipinski definition) is 5. The number of benzene rings is 2. The van der Waals surface area contributed by atoms with E-state index in [9.17, 15) is 13.2 Å². The van der Waals surface area contributed by atoms with Crippen molar-refractivity contribution in [3.05, 3.63) is 48.5 Å². The van der Waals surface area contributed by atoms with Crippen molar-refractivity contribution in [3.8, 4) is 11.5 Å². The van der Waals surface area contributed by atoms with Gasteiger partial charge in [0, 0.05) is 24.7 Å². The van der Waals surface area contributed by atoms with Gasteiger partial charge in [0.25, 0.3) is 0 Å². The molecule has 0 aliphatic carbocycles. The Balaban J connectivity index is 1.63. The van der Waals surface area contributed by atoms with E-state index in [4.69, 9.17) is 9.47 Å². The minimum Gasteiger partial charge on any atom is -0.486 e. The molecule has 0 saturated heterocycles. The van der Waals surface area contributed by atoms with Gasteiger partial charge in [-0.3, -0.25) is 9.10 Å². The number of amides is 1. The zero-order chi connectivity index (χ0) is 19.3. The van der Waals surface area contributed by atoms with Crippen LogP contribution in [0.4, 0.5) is 11.4 Å². The molecule has 0 saturated carbocycles. The van der Waals surface area contributed by atoms with Gasteiger partial charge in [0.2, 0.25) is 15.9 Å². The number of fused-ring (bicyclic) bond motifs is 1. The quantitative estimate of drug-likeness (QED) is 0.786. The van der Waals surface area contributed by atoms with E-state index < -0.39 is 10.0 Å². The molecule has 0 bridgehead atoms. The molecular weight excluding hydrogens is 368 g/mol. The van der Waals surface area contributed by atoms with E-state index in [1.54, 1.807) is 30.3 Å². The standard InChI is InChI=1S/C19H22N2O5S/c1-27(23,24)21(16-9-10-17-18(14-16)26-13-12-25-17)11-5-8-19(22)20-15-6-3-2-4-7-15/h2-4,6-7,9-10,14H,5,8,11-13H2,1H3,(H,20,22). The monoisotopic (exact) mass is 390 g/mol. The lowest BCUT2D eigenvalue weighted by molar-refractivity contribution is -0.116. The number of nitrogens with zero attached hydrogens (tertiary/aromatic N) is 1. The van der Waals surface area contributed by atoms with E-state index in [1.807, 2.05) is 18.2 Å². The molecule has 144 valence electrons. The number of carbonyl (C=O) groups is 1. The van der Waals surface area contributed by atoms with E-state index in [0.717, 1.165) is 6.26 Å². The summed E-state index contributed by atoms with van der Waals surface area (Å²) in [5, 5.41) is 2.79. The Bertz CT molecular complexity index is 900. The first-order valence-electron chi connectivity index (χ1n) is 8.66. The van der Waals surface area contributed by atoms with Gasteiger partial charge in [-0.1, -0.05) is 18.2 Å².